The topological polar surface area (TPSA) is 68.4 Å². The Morgan fingerprint density at radius 2 is 1.74 bits per heavy atom. The molecule has 0 saturated carbocycles. The Balaban J connectivity index is 2.18. The van der Waals surface area contributed by atoms with Gasteiger partial charge in [-0.25, -0.2) is 4.79 Å². The fourth-order valence-corrected chi connectivity index (χ4v) is 2.69. The largest absolute Gasteiger partial charge is 0.483 e. The molecule has 8 heteroatoms. The van der Waals surface area contributed by atoms with E-state index >= 15 is 0 Å². The number of aromatic amines is 1. The molecule has 0 amide bonds. The van der Waals surface area contributed by atoms with Crippen LogP contribution in [0.1, 0.15) is 51.5 Å². The normalized spacial score (nSPS) is 12.6. The molecule has 1 atom stereocenters. The summed E-state index contributed by atoms with van der Waals surface area (Å²) in [5.74, 6) is -0.819. The van der Waals surface area contributed by atoms with Gasteiger partial charge in [0.15, 0.2) is 6.10 Å². The molecule has 0 aliphatic heterocycles. The molecule has 27 heavy (non-hydrogen) atoms. The maximum Gasteiger partial charge on any atom is 0.416 e. The second-order valence-corrected chi connectivity index (χ2v) is 5.99. The Morgan fingerprint density at radius 1 is 1.15 bits per heavy atom. The zero-order valence-electron chi connectivity index (χ0n) is 15.4. The highest BCUT2D eigenvalue weighted by atomic mass is 19.4. The highest BCUT2D eigenvalue weighted by molar-refractivity contribution is 6.03. The van der Waals surface area contributed by atoms with Crippen LogP contribution in [0.5, 0.6) is 5.75 Å². The number of H-pyrrole nitrogens is 1. The molecule has 0 aliphatic rings. The van der Waals surface area contributed by atoms with Gasteiger partial charge in [0, 0.05) is 5.69 Å². The number of ketones is 1. The summed E-state index contributed by atoms with van der Waals surface area (Å²) in [5, 5.41) is 0. The predicted molar refractivity (Wildman–Crippen MR) is 92.1 cm³/mol. The molecule has 0 spiro atoms. The summed E-state index contributed by atoms with van der Waals surface area (Å²) in [6.45, 7) is 6.64. The number of Topliss-reactive ketones (excluding diaryl/α,β-unsaturated/α-hetero) is 1. The lowest BCUT2D eigenvalue weighted by Crippen LogP contribution is -2.25. The SMILES string of the molecule is CCOC(=O)c1c(C)[nH]c(C(=O)[C@H](C)Oc2ccc(C(F)(F)F)cc2)c1C. The van der Waals surface area contributed by atoms with Gasteiger partial charge in [0.25, 0.3) is 0 Å². The molecule has 0 saturated heterocycles. The molecule has 1 heterocycles. The van der Waals surface area contributed by atoms with Crippen molar-refractivity contribution >= 4 is 11.8 Å². The second-order valence-electron chi connectivity index (χ2n) is 5.99. The molecule has 1 N–H and O–H groups in total. The molecule has 0 bridgehead atoms. The Kier molecular flexibility index (Phi) is 5.98. The van der Waals surface area contributed by atoms with Crippen molar-refractivity contribution in [3.8, 4) is 5.75 Å². The van der Waals surface area contributed by atoms with Crippen molar-refractivity contribution in [2.45, 2.75) is 40.0 Å². The first-order valence-electron chi connectivity index (χ1n) is 8.30. The van der Waals surface area contributed by atoms with Gasteiger partial charge in [-0.15, -0.1) is 0 Å². The van der Waals surface area contributed by atoms with E-state index in [9.17, 15) is 22.8 Å². The fraction of sp³-hybridized carbons (Fsp3) is 0.368. The third-order valence-electron chi connectivity index (χ3n) is 4.03. The molecule has 146 valence electrons. The summed E-state index contributed by atoms with van der Waals surface area (Å²) in [5.41, 5.74) is 0.635. The van der Waals surface area contributed by atoms with Gasteiger partial charge in [-0.3, -0.25) is 4.79 Å². The number of rotatable bonds is 6. The van der Waals surface area contributed by atoms with Crippen molar-refractivity contribution in [1.29, 1.82) is 0 Å². The summed E-state index contributed by atoms with van der Waals surface area (Å²) < 4.78 is 48.2. The smallest absolute Gasteiger partial charge is 0.416 e. The zero-order valence-corrected chi connectivity index (χ0v) is 15.4. The van der Waals surface area contributed by atoms with E-state index in [1.54, 1.807) is 20.8 Å². The van der Waals surface area contributed by atoms with E-state index in [0.29, 0.717) is 16.8 Å². The van der Waals surface area contributed by atoms with Crippen LogP contribution >= 0.6 is 0 Å². The Bertz CT molecular complexity index is 838. The van der Waals surface area contributed by atoms with Gasteiger partial charge in [0.2, 0.25) is 5.78 Å². The molecular weight excluding hydrogens is 363 g/mol. The zero-order chi connectivity index (χ0) is 20.4. The van der Waals surface area contributed by atoms with Crippen molar-refractivity contribution in [3.63, 3.8) is 0 Å². The van der Waals surface area contributed by atoms with Crippen LogP contribution in [0.3, 0.4) is 0 Å². The Hall–Kier alpha value is -2.77. The first-order chi connectivity index (χ1) is 12.6. The third kappa shape index (κ3) is 4.50. The van der Waals surface area contributed by atoms with E-state index < -0.39 is 29.6 Å². The lowest BCUT2D eigenvalue weighted by atomic mass is 10.1. The monoisotopic (exact) mass is 383 g/mol. The minimum atomic E-state index is -4.44. The number of benzene rings is 1. The minimum Gasteiger partial charge on any atom is -0.483 e. The molecule has 0 fully saturated rings. The number of aryl methyl sites for hydroxylation is 1. The standard InChI is InChI=1S/C19H20F3NO4/c1-5-26-18(25)15-10(2)16(23-11(15)3)17(24)12(4)27-14-8-6-13(7-9-14)19(20,21)22/h6-9,12,23H,5H2,1-4H3/t12-/m0/s1. The van der Waals surface area contributed by atoms with E-state index in [0.717, 1.165) is 24.3 Å². The van der Waals surface area contributed by atoms with Crippen molar-refractivity contribution in [3.05, 3.63) is 52.3 Å². The summed E-state index contributed by atoms with van der Waals surface area (Å²) in [4.78, 5) is 27.5. The Labute approximate surface area is 154 Å². The summed E-state index contributed by atoms with van der Waals surface area (Å²) in [6, 6.07) is 4.08. The highest BCUT2D eigenvalue weighted by Gasteiger charge is 2.30. The lowest BCUT2D eigenvalue weighted by molar-refractivity contribution is -0.137. The van der Waals surface area contributed by atoms with Crippen LogP contribution in [-0.2, 0) is 10.9 Å². The van der Waals surface area contributed by atoms with E-state index in [4.69, 9.17) is 9.47 Å². The first kappa shape index (κ1) is 20.5. The first-order valence-corrected chi connectivity index (χ1v) is 8.30. The van der Waals surface area contributed by atoms with Crippen LogP contribution in [0.15, 0.2) is 24.3 Å². The highest BCUT2D eigenvalue weighted by Crippen LogP contribution is 2.30. The van der Waals surface area contributed by atoms with Gasteiger partial charge in [-0.2, -0.15) is 13.2 Å². The number of nitrogens with one attached hydrogen (secondary N) is 1. The number of halogens is 3. The van der Waals surface area contributed by atoms with Crippen LogP contribution in [0, 0.1) is 13.8 Å². The van der Waals surface area contributed by atoms with Crippen LogP contribution in [0.4, 0.5) is 13.2 Å². The third-order valence-corrected chi connectivity index (χ3v) is 4.03. The molecular formula is C19H20F3NO4. The van der Waals surface area contributed by atoms with Gasteiger partial charge in [-0.1, -0.05) is 0 Å². The molecule has 1 aromatic carbocycles. The van der Waals surface area contributed by atoms with Crippen LogP contribution < -0.4 is 4.74 Å². The molecule has 2 aromatic rings. The molecule has 2 rings (SSSR count). The number of hydrogen-bond acceptors (Lipinski definition) is 4. The second kappa shape index (κ2) is 7.85. The molecule has 0 radical (unpaired) electrons. The number of carbonyl (C=O) groups is 2. The van der Waals surface area contributed by atoms with E-state index in [2.05, 4.69) is 4.98 Å². The van der Waals surface area contributed by atoms with Crippen molar-refractivity contribution in [2.75, 3.05) is 6.61 Å². The summed E-state index contributed by atoms with van der Waals surface area (Å²) in [7, 11) is 0. The molecule has 1 aromatic heterocycles. The van der Waals surface area contributed by atoms with Crippen LogP contribution in [-0.4, -0.2) is 29.4 Å². The number of carbonyl (C=O) groups excluding carboxylic acids is 2. The van der Waals surface area contributed by atoms with E-state index in [-0.39, 0.29) is 18.1 Å². The van der Waals surface area contributed by atoms with Gasteiger partial charge in [0.1, 0.15) is 5.75 Å². The quantitative estimate of drug-likeness (QED) is 0.590. The lowest BCUT2D eigenvalue weighted by Gasteiger charge is -2.14. The summed E-state index contributed by atoms with van der Waals surface area (Å²) in [6.07, 6.45) is -5.41. The van der Waals surface area contributed by atoms with Crippen molar-refractivity contribution in [1.82, 2.24) is 4.98 Å². The molecule has 5 nitrogen and oxygen atoms in total. The maximum absolute atomic E-state index is 12.7. The fourth-order valence-electron chi connectivity index (χ4n) is 2.69. The van der Waals surface area contributed by atoms with E-state index in [1.165, 1.54) is 6.92 Å². The predicted octanol–water partition coefficient (Wildman–Crippen LogP) is 4.48. The van der Waals surface area contributed by atoms with Gasteiger partial charge in [-0.05, 0) is 57.5 Å². The van der Waals surface area contributed by atoms with Crippen molar-refractivity contribution < 1.29 is 32.2 Å². The van der Waals surface area contributed by atoms with Gasteiger partial charge < -0.3 is 14.5 Å². The van der Waals surface area contributed by atoms with Gasteiger partial charge >= 0.3 is 12.1 Å². The average molecular weight is 383 g/mol. The number of esters is 1. The van der Waals surface area contributed by atoms with Gasteiger partial charge in [0.05, 0.1) is 23.4 Å². The maximum atomic E-state index is 12.7. The average Bonchev–Trinajstić information content (AvgIpc) is 2.88. The number of alkyl halides is 3. The Morgan fingerprint density at radius 3 is 2.26 bits per heavy atom. The summed E-state index contributed by atoms with van der Waals surface area (Å²) >= 11 is 0. The molecule has 0 unspecified atom stereocenters. The molecule has 0 aliphatic carbocycles. The number of hydrogen-bond donors (Lipinski definition) is 1. The number of ether oxygens (including phenoxy) is 2. The van der Waals surface area contributed by atoms with Crippen LogP contribution in [0.25, 0.3) is 0 Å². The van der Waals surface area contributed by atoms with E-state index in [1.807, 2.05) is 0 Å². The number of aromatic nitrogens is 1. The minimum absolute atomic E-state index is 0.135. The van der Waals surface area contributed by atoms with Crippen LogP contribution in [0.2, 0.25) is 0 Å². The van der Waals surface area contributed by atoms with Crippen molar-refractivity contribution in [2.24, 2.45) is 0 Å².